The number of aromatic carboxylic acids is 1. The molecular weight excluding hydrogens is 248 g/mol. The zero-order valence-electron chi connectivity index (χ0n) is 10.5. The molecule has 5 nitrogen and oxygen atoms in total. The fraction of sp³-hybridized carbons (Fsp3) is 0.286. The summed E-state index contributed by atoms with van der Waals surface area (Å²) in [5, 5.41) is 9.13. The largest absolute Gasteiger partial charge is 0.494 e. The molecule has 100 valence electrons. The van der Waals surface area contributed by atoms with Crippen molar-refractivity contribution in [2.75, 3.05) is 6.61 Å². The van der Waals surface area contributed by atoms with E-state index in [1.165, 1.54) is 0 Å². The van der Waals surface area contributed by atoms with Crippen LogP contribution in [-0.4, -0.2) is 17.7 Å². The van der Waals surface area contributed by atoms with E-state index in [2.05, 4.69) is 6.92 Å². The van der Waals surface area contributed by atoms with Gasteiger partial charge in [-0.15, -0.1) is 0 Å². The van der Waals surface area contributed by atoms with Crippen LogP contribution in [0.4, 0.5) is 0 Å². The van der Waals surface area contributed by atoms with Crippen LogP contribution in [0.15, 0.2) is 33.5 Å². The molecule has 0 spiro atoms. The van der Waals surface area contributed by atoms with Crippen molar-refractivity contribution in [2.24, 2.45) is 0 Å². The third-order valence-electron chi connectivity index (χ3n) is 2.68. The van der Waals surface area contributed by atoms with E-state index >= 15 is 0 Å². The number of carboxylic acid groups (broad SMARTS) is 1. The number of rotatable bonds is 5. The van der Waals surface area contributed by atoms with Gasteiger partial charge < -0.3 is 14.3 Å². The highest BCUT2D eigenvalue weighted by Gasteiger charge is 2.11. The Balaban J connectivity index is 2.38. The third-order valence-corrected chi connectivity index (χ3v) is 2.68. The molecular formula is C14H14O5. The maximum atomic E-state index is 11.8. The molecule has 0 saturated heterocycles. The molecule has 0 saturated carbocycles. The Kier molecular flexibility index (Phi) is 3.85. The zero-order valence-corrected chi connectivity index (χ0v) is 10.5. The van der Waals surface area contributed by atoms with Crippen LogP contribution >= 0.6 is 0 Å². The monoisotopic (exact) mass is 262 g/mol. The van der Waals surface area contributed by atoms with E-state index in [9.17, 15) is 9.59 Å². The highest BCUT2D eigenvalue weighted by molar-refractivity contribution is 5.87. The summed E-state index contributed by atoms with van der Waals surface area (Å²) >= 11 is 0. The van der Waals surface area contributed by atoms with Gasteiger partial charge in [-0.2, -0.15) is 0 Å². The molecule has 1 aromatic carbocycles. The molecule has 5 heteroatoms. The lowest BCUT2D eigenvalue weighted by Crippen LogP contribution is -2.06. The predicted molar refractivity (Wildman–Crippen MR) is 69.8 cm³/mol. The van der Waals surface area contributed by atoms with E-state index < -0.39 is 5.97 Å². The average molecular weight is 262 g/mol. The Hall–Kier alpha value is -2.30. The van der Waals surface area contributed by atoms with Gasteiger partial charge in [-0.05, 0) is 24.6 Å². The number of hydrogen-bond acceptors (Lipinski definition) is 4. The molecule has 0 fully saturated rings. The van der Waals surface area contributed by atoms with Crippen molar-refractivity contribution >= 4 is 16.9 Å². The third kappa shape index (κ3) is 2.93. The zero-order chi connectivity index (χ0) is 13.8. The van der Waals surface area contributed by atoms with E-state index in [-0.39, 0.29) is 16.8 Å². The van der Waals surface area contributed by atoms with Crippen molar-refractivity contribution in [2.45, 2.75) is 19.8 Å². The highest BCUT2D eigenvalue weighted by Crippen LogP contribution is 2.19. The first-order valence-corrected chi connectivity index (χ1v) is 6.06. The van der Waals surface area contributed by atoms with Crippen LogP contribution in [0.1, 0.15) is 30.3 Å². The predicted octanol–water partition coefficient (Wildman–Crippen LogP) is 2.67. The number of benzene rings is 1. The van der Waals surface area contributed by atoms with Crippen molar-refractivity contribution in [3.63, 3.8) is 0 Å². The van der Waals surface area contributed by atoms with Gasteiger partial charge in [0.25, 0.3) is 0 Å². The van der Waals surface area contributed by atoms with Gasteiger partial charge in [0, 0.05) is 6.07 Å². The molecule has 2 rings (SSSR count). The number of carboxylic acids is 1. The molecule has 0 bridgehead atoms. The summed E-state index contributed by atoms with van der Waals surface area (Å²) in [4.78, 5) is 22.6. The molecule has 0 unspecified atom stereocenters. The SMILES string of the molecule is CCCCOc1ccc2oc(C(=O)O)cc(=O)c2c1. The molecule has 1 heterocycles. The summed E-state index contributed by atoms with van der Waals surface area (Å²) in [6.07, 6.45) is 1.96. The molecule has 0 atom stereocenters. The van der Waals surface area contributed by atoms with Crippen LogP contribution in [-0.2, 0) is 0 Å². The van der Waals surface area contributed by atoms with Crippen LogP contribution in [0.3, 0.4) is 0 Å². The first-order valence-electron chi connectivity index (χ1n) is 6.06. The minimum absolute atomic E-state index is 0.243. The highest BCUT2D eigenvalue weighted by atomic mass is 16.5. The van der Waals surface area contributed by atoms with Gasteiger partial charge in [-0.3, -0.25) is 4.79 Å². The standard InChI is InChI=1S/C14H14O5/c1-2-3-6-18-9-4-5-12-10(7-9)11(15)8-13(19-12)14(16)17/h4-5,7-8H,2-3,6H2,1H3,(H,16,17). The van der Waals surface area contributed by atoms with E-state index in [1.54, 1.807) is 18.2 Å². The Morgan fingerprint density at radius 3 is 2.84 bits per heavy atom. The Bertz CT molecular complexity index is 656. The quantitative estimate of drug-likeness (QED) is 0.838. The normalized spacial score (nSPS) is 10.6. The van der Waals surface area contributed by atoms with Gasteiger partial charge in [0.2, 0.25) is 5.76 Å². The molecule has 19 heavy (non-hydrogen) atoms. The summed E-state index contributed by atoms with van der Waals surface area (Å²) in [6.45, 7) is 2.65. The molecule has 0 amide bonds. The van der Waals surface area contributed by atoms with Crippen LogP contribution in [0.2, 0.25) is 0 Å². The van der Waals surface area contributed by atoms with Gasteiger partial charge in [-0.25, -0.2) is 4.79 Å². The second-order valence-electron chi connectivity index (χ2n) is 4.14. The van der Waals surface area contributed by atoms with Crippen molar-refractivity contribution < 1.29 is 19.1 Å². The van der Waals surface area contributed by atoms with Gasteiger partial charge in [0.1, 0.15) is 11.3 Å². The fourth-order valence-corrected chi connectivity index (χ4v) is 1.66. The summed E-state index contributed by atoms with van der Waals surface area (Å²) in [5.74, 6) is -1.05. The first-order chi connectivity index (χ1) is 9.11. The van der Waals surface area contributed by atoms with Gasteiger partial charge >= 0.3 is 5.97 Å². The number of carbonyl (C=O) groups is 1. The van der Waals surface area contributed by atoms with E-state index in [1.807, 2.05) is 0 Å². The summed E-state index contributed by atoms with van der Waals surface area (Å²) in [7, 11) is 0. The summed E-state index contributed by atoms with van der Waals surface area (Å²) < 4.78 is 10.6. The number of unbranched alkanes of at least 4 members (excludes halogenated alkanes) is 1. The van der Waals surface area contributed by atoms with Gasteiger partial charge in [0.05, 0.1) is 12.0 Å². The Labute approximate surface area is 109 Å². The lowest BCUT2D eigenvalue weighted by Gasteiger charge is -2.06. The van der Waals surface area contributed by atoms with E-state index in [4.69, 9.17) is 14.3 Å². The van der Waals surface area contributed by atoms with Gasteiger partial charge in [-0.1, -0.05) is 13.3 Å². The molecule has 0 aliphatic heterocycles. The number of ether oxygens (including phenoxy) is 1. The van der Waals surface area contributed by atoms with Crippen molar-refractivity contribution in [1.29, 1.82) is 0 Å². The minimum atomic E-state index is -1.26. The van der Waals surface area contributed by atoms with Crippen LogP contribution in [0.5, 0.6) is 5.75 Å². The topological polar surface area (TPSA) is 76.7 Å². The Morgan fingerprint density at radius 1 is 1.37 bits per heavy atom. The van der Waals surface area contributed by atoms with Crippen molar-refractivity contribution in [1.82, 2.24) is 0 Å². The maximum absolute atomic E-state index is 11.8. The maximum Gasteiger partial charge on any atom is 0.371 e. The number of hydrogen-bond donors (Lipinski definition) is 1. The van der Waals surface area contributed by atoms with Gasteiger partial charge in [0.15, 0.2) is 5.43 Å². The summed E-state index contributed by atoms with van der Waals surface area (Å²) in [5.41, 5.74) is -0.146. The van der Waals surface area contributed by atoms with Crippen molar-refractivity contribution in [3.8, 4) is 5.75 Å². The molecule has 0 radical (unpaired) electrons. The second-order valence-corrected chi connectivity index (χ2v) is 4.14. The smallest absolute Gasteiger partial charge is 0.371 e. The Morgan fingerprint density at radius 2 is 2.16 bits per heavy atom. The lowest BCUT2D eigenvalue weighted by atomic mass is 10.2. The van der Waals surface area contributed by atoms with Crippen molar-refractivity contribution in [3.05, 3.63) is 40.2 Å². The molecule has 1 aromatic heterocycles. The fourth-order valence-electron chi connectivity index (χ4n) is 1.66. The lowest BCUT2D eigenvalue weighted by molar-refractivity contribution is 0.0663. The first kappa shape index (κ1) is 13.1. The van der Waals surface area contributed by atoms with Crippen LogP contribution in [0, 0.1) is 0 Å². The number of fused-ring (bicyclic) bond motifs is 1. The minimum Gasteiger partial charge on any atom is -0.494 e. The molecule has 0 aliphatic carbocycles. The summed E-state index contributed by atoms with van der Waals surface area (Å²) in [6, 6.07) is 5.75. The molecule has 0 aliphatic rings. The molecule has 2 aromatic rings. The van der Waals surface area contributed by atoms with Crippen LogP contribution < -0.4 is 10.2 Å². The second kappa shape index (κ2) is 5.56. The average Bonchev–Trinajstić information content (AvgIpc) is 2.39. The molecule has 1 N–H and O–H groups in total. The van der Waals surface area contributed by atoms with E-state index in [0.29, 0.717) is 17.7 Å². The van der Waals surface area contributed by atoms with Crippen LogP contribution in [0.25, 0.3) is 11.0 Å². The van der Waals surface area contributed by atoms with E-state index in [0.717, 1.165) is 18.9 Å².